The minimum atomic E-state index is -3.44. The van der Waals surface area contributed by atoms with Crippen molar-refractivity contribution < 1.29 is 32.9 Å². The minimum absolute atomic E-state index is 0.0161. The number of ether oxygens (including phenoxy) is 2. The topological polar surface area (TPSA) is 129 Å². The number of carbonyl (C=O) groups is 1. The van der Waals surface area contributed by atoms with E-state index in [1.165, 1.54) is 0 Å². The van der Waals surface area contributed by atoms with Crippen molar-refractivity contribution in [3.05, 3.63) is 29.8 Å². The Hall–Kier alpha value is -1.76. The van der Waals surface area contributed by atoms with Crippen molar-refractivity contribution in [2.75, 3.05) is 58.8 Å². The van der Waals surface area contributed by atoms with Crippen molar-refractivity contribution in [2.45, 2.75) is 24.7 Å². The monoisotopic (exact) mass is 457 g/mol. The van der Waals surface area contributed by atoms with Crippen molar-refractivity contribution >= 4 is 15.9 Å². The summed E-state index contributed by atoms with van der Waals surface area (Å²) in [6, 6.07) is 7.39. The fraction of sp³-hybridized carbons (Fsp3) is 0.650. The van der Waals surface area contributed by atoms with Crippen LogP contribution in [-0.4, -0.2) is 105 Å². The van der Waals surface area contributed by atoms with Crippen molar-refractivity contribution in [3.8, 4) is 5.75 Å². The van der Waals surface area contributed by atoms with Gasteiger partial charge in [-0.25, -0.2) is 13.1 Å². The third-order valence-corrected chi connectivity index (χ3v) is 6.28. The van der Waals surface area contributed by atoms with E-state index in [1.807, 2.05) is 17.0 Å². The number of piperidine rings is 1. The molecule has 1 aromatic rings. The molecule has 2 atom stereocenters. The molecule has 0 unspecified atom stereocenters. The van der Waals surface area contributed by atoms with Gasteiger partial charge in [-0.3, -0.25) is 9.69 Å². The molecule has 11 heteroatoms. The number of rotatable bonds is 8. The third-order valence-electron chi connectivity index (χ3n) is 5.61. The molecule has 2 fully saturated rings. The number of sulfonamides is 1. The van der Waals surface area contributed by atoms with Gasteiger partial charge in [-0.2, -0.15) is 0 Å². The van der Waals surface area contributed by atoms with E-state index in [-0.39, 0.29) is 32.0 Å². The summed E-state index contributed by atoms with van der Waals surface area (Å²) < 4.78 is 35.6. The van der Waals surface area contributed by atoms with Crippen molar-refractivity contribution in [1.82, 2.24) is 14.5 Å². The van der Waals surface area contributed by atoms with Gasteiger partial charge in [0.25, 0.3) is 5.91 Å². The van der Waals surface area contributed by atoms with Crippen LogP contribution in [0.25, 0.3) is 0 Å². The molecule has 2 saturated heterocycles. The number of β-amino-alcohol motifs (C(OH)–C–C–N with tert-alkyl or cyclic N) is 1. The van der Waals surface area contributed by atoms with Crippen LogP contribution >= 0.6 is 0 Å². The van der Waals surface area contributed by atoms with Gasteiger partial charge < -0.3 is 24.6 Å². The largest absolute Gasteiger partial charge is 0.484 e. The zero-order chi connectivity index (χ0) is 22.5. The summed E-state index contributed by atoms with van der Waals surface area (Å²) in [5, 5.41) is 20.9. The highest BCUT2D eigenvalue weighted by Gasteiger charge is 2.40. The van der Waals surface area contributed by atoms with E-state index in [0.29, 0.717) is 45.1 Å². The molecule has 174 valence electrons. The molecule has 0 radical (unpaired) electrons. The van der Waals surface area contributed by atoms with E-state index in [1.54, 1.807) is 17.0 Å². The average molecular weight is 458 g/mol. The molecule has 0 aliphatic carbocycles. The first-order chi connectivity index (χ1) is 14.6. The van der Waals surface area contributed by atoms with Crippen LogP contribution in [0.4, 0.5) is 0 Å². The molecular formula is C20H31N3O7S. The summed E-state index contributed by atoms with van der Waals surface area (Å²) in [4.78, 5) is 15.9. The number of hydrogen-bond donors (Lipinski definition) is 3. The van der Waals surface area contributed by atoms with Crippen LogP contribution in [0, 0.1) is 0 Å². The third kappa shape index (κ3) is 7.13. The first-order valence-corrected chi connectivity index (χ1v) is 12.2. The van der Waals surface area contributed by atoms with Gasteiger partial charge in [0.05, 0.1) is 25.6 Å². The second-order valence-electron chi connectivity index (χ2n) is 8.12. The van der Waals surface area contributed by atoms with Crippen LogP contribution in [0.5, 0.6) is 5.75 Å². The number of aliphatic hydroxyl groups excluding tert-OH is 1. The van der Waals surface area contributed by atoms with Gasteiger partial charge in [0.1, 0.15) is 11.4 Å². The smallest absolute Gasteiger partial charge is 0.260 e. The Morgan fingerprint density at radius 1 is 1.26 bits per heavy atom. The SMILES string of the molecule is CS(=O)(=O)NC[C@]1(O)CCN(Cc2ccc(OCC(=O)N3CCOCC3)cc2)C[C@H]1O. The van der Waals surface area contributed by atoms with Crippen molar-refractivity contribution in [3.63, 3.8) is 0 Å². The Morgan fingerprint density at radius 2 is 1.94 bits per heavy atom. The van der Waals surface area contributed by atoms with Crippen molar-refractivity contribution in [2.24, 2.45) is 0 Å². The molecule has 0 saturated carbocycles. The molecule has 0 bridgehead atoms. The van der Waals surface area contributed by atoms with Gasteiger partial charge in [-0.05, 0) is 24.1 Å². The Bertz CT molecular complexity index is 843. The lowest BCUT2D eigenvalue weighted by Gasteiger charge is -2.42. The molecule has 2 heterocycles. The fourth-order valence-corrected chi connectivity index (χ4v) is 4.14. The number of benzene rings is 1. The maximum absolute atomic E-state index is 12.1. The highest BCUT2D eigenvalue weighted by molar-refractivity contribution is 7.88. The molecular weight excluding hydrogens is 426 g/mol. The molecule has 10 nitrogen and oxygen atoms in total. The first kappa shape index (κ1) is 23.9. The average Bonchev–Trinajstić information content (AvgIpc) is 2.75. The zero-order valence-electron chi connectivity index (χ0n) is 17.7. The number of amides is 1. The maximum atomic E-state index is 12.1. The predicted octanol–water partition coefficient (Wildman–Crippen LogP) is -1.23. The summed E-state index contributed by atoms with van der Waals surface area (Å²) in [6.07, 6.45) is 0.204. The number of nitrogens with zero attached hydrogens (tertiary/aromatic N) is 2. The Morgan fingerprint density at radius 3 is 2.55 bits per heavy atom. The predicted molar refractivity (Wildman–Crippen MR) is 113 cm³/mol. The van der Waals surface area contributed by atoms with E-state index in [2.05, 4.69) is 4.72 Å². The van der Waals surface area contributed by atoms with E-state index < -0.39 is 21.7 Å². The summed E-state index contributed by atoms with van der Waals surface area (Å²) >= 11 is 0. The summed E-state index contributed by atoms with van der Waals surface area (Å²) in [7, 11) is -3.44. The standard InChI is InChI=1S/C20H31N3O7S/c1-31(27,28)21-15-20(26)6-7-22(13-18(20)24)12-16-2-4-17(5-3-16)30-14-19(25)23-8-10-29-11-9-23/h2-5,18,21,24,26H,6-15H2,1H3/t18-,20-/m1/s1. The molecule has 2 aliphatic heterocycles. The van der Waals surface area contributed by atoms with Crippen molar-refractivity contribution in [1.29, 1.82) is 0 Å². The van der Waals surface area contributed by atoms with Gasteiger partial charge in [-0.1, -0.05) is 12.1 Å². The molecule has 0 spiro atoms. The zero-order valence-corrected chi connectivity index (χ0v) is 18.5. The quantitative estimate of drug-likeness (QED) is 0.443. The Balaban J connectivity index is 1.45. The van der Waals surface area contributed by atoms with Crippen LogP contribution < -0.4 is 9.46 Å². The van der Waals surface area contributed by atoms with E-state index >= 15 is 0 Å². The number of morpholine rings is 1. The van der Waals surface area contributed by atoms with Gasteiger partial charge in [0.15, 0.2) is 6.61 Å². The minimum Gasteiger partial charge on any atom is -0.484 e. The maximum Gasteiger partial charge on any atom is 0.260 e. The van der Waals surface area contributed by atoms with Gasteiger partial charge >= 0.3 is 0 Å². The fourth-order valence-electron chi connectivity index (χ4n) is 3.63. The number of carbonyl (C=O) groups excluding carboxylic acids is 1. The van der Waals surface area contributed by atoms with Crippen LogP contribution in [0.3, 0.4) is 0 Å². The molecule has 3 rings (SSSR count). The van der Waals surface area contributed by atoms with Gasteiger partial charge in [-0.15, -0.1) is 0 Å². The van der Waals surface area contributed by atoms with E-state index in [9.17, 15) is 23.4 Å². The number of nitrogens with one attached hydrogen (secondary N) is 1. The highest BCUT2D eigenvalue weighted by Crippen LogP contribution is 2.24. The van der Waals surface area contributed by atoms with E-state index in [4.69, 9.17) is 9.47 Å². The molecule has 0 aromatic heterocycles. The van der Waals surface area contributed by atoms with Crippen LogP contribution in [-0.2, 0) is 26.1 Å². The summed E-state index contributed by atoms with van der Waals surface area (Å²) in [6.45, 7) is 3.37. The molecule has 2 aliphatic rings. The molecule has 3 N–H and O–H groups in total. The molecule has 31 heavy (non-hydrogen) atoms. The summed E-state index contributed by atoms with van der Waals surface area (Å²) in [5.74, 6) is 0.540. The number of aliphatic hydroxyl groups is 2. The Kier molecular flexibility index (Phi) is 7.89. The molecule has 1 aromatic carbocycles. The second-order valence-corrected chi connectivity index (χ2v) is 9.96. The summed E-state index contributed by atoms with van der Waals surface area (Å²) in [5.41, 5.74) is -0.483. The van der Waals surface area contributed by atoms with Crippen LogP contribution in [0.1, 0.15) is 12.0 Å². The normalized spacial score (nSPS) is 25.4. The van der Waals surface area contributed by atoms with Gasteiger partial charge in [0.2, 0.25) is 10.0 Å². The van der Waals surface area contributed by atoms with Gasteiger partial charge in [0, 0.05) is 39.3 Å². The lowest BCUT2D eigenvalue weighted by atomic mass is 9.88. The first-order valence-electron chi connectivity index (χ1n) is 10.3. The highest BCUT2D eigenvalue weighted by atomic mass is 32.2. The van der Waals surface area contributed by atoms with E-state index in [0.717, 1.165) is 11.8 Å². The van der Waals surface area contributed by atoms with Crippen LogP contribution in [0.15, 0.2) is 24.3 Å². The molecule has 1 amide bonds. The lowest BCUT2D eigenvalue weighted by Crippen LogP contribution is -2.59. The number of likely N-dealkylation sites (tertiary alicyclic amines) is 1. The Labute approximate surface area is 182 Å². The second kappa shape index (κ2) is 10.2. The lowest BCUT2D eigenvalue weighted by molar-refractivity contribution is -0.137. The van der Waals surface area contributed by atoms with Crippen LogP contribution in [0.2, 0.25) is 0 Å². The number of hydrogen-bond acceptors (Lipinski definition) is 8.